The molecule has 0 bridgehead atoms. The van der Waals surface area contributed by atoms with E-state index in [0.29, 0.717) is 11.1 Å². The third kappa shape index (κ3) is 6.17. The van der Waals surface area contributed by atoms with E-state index in [9.17, 15) is 27.3 Å². The normalized spacial score (nSPS) is 16.0. The van der Waals surface area contributed by atoms with Crippen LogP contribution in [0.25, 0.3) is 0 Å². The largest absolute Gasteiger partial charge is 0.435 e. The fraction of sp³-hybridized carbons (Fsp3) is 0.458. The lowest BCUT2D eigenvalue weighted by Gasteiger charge is -2.19. The van der Waals surface area contributed by atoms with Crippen LogP contribution >= 0.6 is 0 Å². The Morgan fingerprint density at radius 2 is 1.91 bits per heavy atom. The molecular formula is C24H29F3N2O4S. The minimum atomic E-state index is -3.90. The fourth-order valence-electron chi connectivity index (χ4n) is 3.84. The number of alkyl halides is 2. The Hall–Kier alpha value is -2.43. The molecule has 10 heteroatoms. The van der Waals surface area contributed by atoms with Gasteiger partial charge in [-0.3, -0.25) is 4.79 Å². The average molecular weight is 499 g/mol. The highest BCUT2D eigenvalue weighted by atomic mass is 32.2. The van der Waals surface area contributed by atoms with Crippen molar-refractivity contribution in [3.63, 3.8) is 0 Å². The van der Waals surface area contributed by atoms with Crippen molar-refractivity contribution in [1.82, 2.24) is 0 Å². The zero-order chi connectivity index (χ0) is 25.4. The van der Waals surface area contributed by atoms with Crippen LogP contribution in [-0.2, 0) is 26.7 Å². The van der Waals surface area contributed by atoms with Gasteiger partial charge in [0.05, 0.1) is 16.9 Å². The number of halogens is 3. The van der Waals surface area contributed by atoms with Crippen LogP contribution in [0.4, 0.5) is 13.2 Å². The molecule has 1 aliphatic carbocycles. The van der Waals surface area contributed by atoms with E-state index in [0.717, 1.165) is 30.5 Å². The third-order valence-electron chi connectivity index (χ3n) is 5.68. The molecule has 0 aromatic heterocycles. The summed E-state index contributed by atoms with van der Waals surface area (Å²) in [6.45, 7) is 3.67. The second-order valence-corrected chi connectivity index (χ2v) is 11.1. The minimum Gasteiger partial charge on any atom is -0.435 e. The molecule has 1 fully saturated rings. The molecule has 186 valence electrons. The number of hydrogen-bond acceptors (Lipinski definition) is 4. The Morgan fingerprint density at radius 3 is 2.41 bits per heavy atom. The molecule has 6 nitrogen and oxygen atoms in total. The van der Waals surface area contributed by atoms with Gasteiger partial charge in [-0.1, -0.05) is 19.9 Å². The van der Waals surface area contributed by atoms with Gasteiger partial charge < -0.3 is 9.84 Å². The fourth-order valence-corrected chi connectivity index (χ4v) is 4.91. The van der Waals surface area contributed by atoms with Gasteiger partial charge in [0, 0.05) is 0 Å². The first-order valence-corrected chi connectivity index (χ1v) is 12.5. The Morgan fingerprint density at radius 1 is 1.26 bits per heavy atom. The van der Waals surface area contributed by atoms with Crippen molar-refractivity contribution in [2.75, 3.05) is 0 Å². The zero-order valence-electron chi connectivity index (χ0n) is 19.5. The van der Waals surface area contributed by atoms with E-state index < -0.39 is 38.7 Å². The molecule has 1 aliphatic rings. The summed E-state index contributed by atoms with van der Waals surface area (Å²) in [5, 5.41) is 15.8. The maximum absolute atomic E-state index is 14.6. The van der Waals surface area contributed by atoms with Crippen molar-refractivity contribution in [2.45, 2.75) is 75.9 Å². The number of hydrogen-bond donors (Lipinski definition) is 2. The maximum Gasteiger partial charge on any atom is 0.387 e. The highest BCUT2D eigenvalue weighted by Crippen LogP contribution is 2.45. The van der Waals surface area contributed by atoms with E-state index in [1.165, 1.54) is 32.0 Å². The first kappa shape index (κ1) is 26.2. The first-order valence-electron chi connectivity index (χ1n) is 10.9. The summed E-state index contributed by atoms with van der Waals surface area (Å²) in [5.41, 5.74) is 0.898. The van der Waals surface area contributed by atoms with Crippen molar-refractivity contribution in [3.05, 3.63) is 58.4 Å². The summed E-state index contributed by atoms with van der Waals surface area (Å²) in [7, 11) is -3.90. The molecule has 0 radical (unpaired) electrons. The number of aliphatic hydroxyl groups is 1. The summed E-state index contributed by atoms with van der Waals surface area (Å²) < 4.78 is 61.4. The quantitative estimate of drug-likeness (QED) is 0.527. The molecule has 0 spiro atoms. The molecular weight excluding hydrogens is 469 g/mol. The number of nitrogens with two attached hydrogens (primary N) is 1. The van der Waals surface area contributed by atoms with Crippen LogP contribution in [0.15, 0.2) is 39.6 Å². The van der Waals surface area contributed by atoms with Gasteiger partial charge in [0.15, 0.2) is 0 Å². The zero-order valence-corrected chi connectivity index (χ0v) is 20.3. The minimum absolute atomic E-state index is 0.0188. The predicted molar refractivity (Wildman–Crippen MR) is 123 cm³/mol. The number of nitrogens with zero attached hydrogens (tertiary/aromatic N) is 1. The molecule has 0 aliphatic heterocycles. The molecule has 1 amide bonds. The van der Waals surface area contributed by atoms with Gasteiger partial charge >= 0.3 is 6.61 Å². The van der Waals surface area contributed by atoms with E-state index in [4.69, 9.17) is 5.14 Å². The second-order valence-electron chi connectivity index (χ2n) is 9.32. The van der Waals surface area contributed by atoms with E-state index in [-0.39, 0.29) is 29.6 Å². The van der Waals surface area contributed by atoms with Crippen molar-refractivity contribution in [2.24, 2.45) is 9.50 Å². The van der Waals surface area contributed by atoms with Crippen LogP contribution in [-0.4, -0.2) is 21.8 Å². The SMILES string of the molecule is CC(C)c1cc(OC(F)F)cc(C2CC2)c1CC(=O)N=S(N)(=O)c1ccc(C(C)(C)O)cc1F. The number of benzene rings is 2. The molecule has 34 heavy (non-hydrogen) atoms. The number of carbonyl (C=O) groups excluding carboxylic acids is 1. The Balaban J connectivity index is 1.98. The molecule has 3 N–H and O–H groups in total. The number of carbonyl (C=O) groups is 1. The highest BCUT2D eigenvalue weighted by Gasteiger charge is 2.30. The Labute approximate surface area is 197 Å². The summed E-state index contributed by atoms with van der Waals surface area (Å²) >= 11 is 0. The van der Waals surface area contributed by atoms with Gasteiger partial charge in [-0.15, -0.1) is 4.36 Å². The van der Waals surface area contributed by atoms with Gasteiger partial charge in [-0.05, 0) is 85.0 Å². The Bertz CT molecular complexity index is 1190. The third-order valence-corrected chi connectivity index (χ3v) is 7.11. The molecule has 2 aromatic rings. The van der Waals surface area contributed by atoms with Crippen molar-refractivity contribution in [1.29, 1.82) is 0 Å². The van der Waals surface area contributed by atoms with Gasteiger partial charge in [-0.25, -0.2) is 13.7 Å². The Kier molecular flexibility index (Phi) is 7.45. The van der Waals surface area contributed by atoms with Gasteiger partial charge in [0.1, 0.15) is 21.5 Å². The van der Waals surface area contributed by atoms with Gasteiger partial charge in [-0.2, -0.15) is 8.78 Å². The number of rotatable bonds is 8. The number of ether oxygens (including phenoxy) is 1. The number of amides is 1. The van der Waals surface area contributed by atoms with Crippen molar-refractivity contribution in [3.8, 4) is 5.75 Å². The summed E-state index contributed by atoms with van der Waals surface area (Å²) in [6, 6.07) is 6.50. The highest BCUT2D eigenvalue weighted by molar-refractivity contribution is 7.91. The van der Waals surface area contributed by atoms with Crippen LogP contribution < -0.4 is 9.88 Å². The summed E-state index contributed by atoms with van der Waals surface area (Å²) in [5.74, 6) is -1.75. The lowest BCUT2D eigenvalue weighted by Crippen LogP contribution is -2.20. The molecule has 1 atom stereocenters. The van der Waals surface area contributed by atoms with Gasteiger partial charge in [0.25, 0.3) is 5.91 Å². The van der Waals surface area contributed by atoms with E-state index in [2.05, 4.69) is 9.10 Å². The predicted octanol–water partition coefficient (Wildman–Crippen LogP) is 5.13. The van der Waals surface area contributed by atoms with Crippen molar-refractivity contribution < 1.29 is 32.0 Å². The molecule has 2 aromatic carbocycles. The smallest absolute Gasteiger partial charge is 0.387 e. The summed E-state index contributed by atoms with van der Waals surface area (Å²) in [4.78, 5) is 12.4. The van der Waals surface area contributed by atoms with Crippen LogP contribution in [0.5, 0.6) is 5.75 Å². The maximum atomic E-state index is 14.6. The van der Waals surface area contributed by atoms with Crippen LogP contribution in [0.3, 0.4) is 0 Å². The van der Waals surface area contributed by atoms with E-state index in [1.807, 2.05) is 13.8 Å². The molecule has 1 saturated carbocycles. The van der Waals surface area contributed by atoms with E-state index >= 15 is 0 Å². The monoisotopic (exact) mass is 498 g/mol. The molecule has 0 heterocycles. The molecule has 0 saturated heterocycles. The first-order chi connectivity index (χ1) is 15.7. The van der Waals surface area contributed by atoms with Crippen LogP contribution in [0, 0.1) is 5.82 Å². The lowest BCUT2D eigenvalue weighted by molar-refractivity contribution is -0.117. The van der Waals surface area contributed by atoms with E-state index in [1.54, 1.807) is 0 Å². The van der Waals surface area contributed by atoms with Gasteiger partial charge in [0.2, 0.25) is 0 Å². The molecule has 3 rings (SSSR count). The molecule has 1 unspecified atom stereocenters. The lowest BCUT2D eigenvalue weighted by atomic mass is 9.89. The standard InChI is InChI=1S/C24H29F3N2O4S/c1-13(2)17-10-16(33-23(26)27)11-18(14-5-6-14)19(17)12-22(30)29-34(28,32)21-8-7-15(9-20(21)25)24(3,4)31/h7-11,13-14,23,31H,5-6,12H2,1-4H3,(H2,28,29,30,32). The van der Waals surface area contributed by atoms with Crippen molar-refractivity contribution >= 4 is 15.8 Å². The topological polar surface area (TPSA) is 102 Å². The second kappa shape index (κ2) is 9.67. The van der Waals surface area contributed by atoms with Crippen LogP contribution in [0.1, 0.15) is 74.6 Å². The van der Waals surface area contributed by atoms with Crippen LogP contribution in [0.2, 0.25) is 0 Å². The summed E-state index contributed by atoms with van der Waals surface area (Å²) in [6.07, 6.45) is 1.44. The average Bonchev–Trinajstić information content (AvgIpc) is 3.51.